The fraction of sp³-hybridized carbons (Fsp3) is 0.333. The van der Waals surface area contributed by atoms with Crippen molar-refractivity contribution >= 4 is 11.6 Å². The van der Waals surface area contributed by atoms with Crippen LogP contribution in [0.5, 0.6) is 0 Å². The van der Waals surface area contributed by atoms with Crippen molar-refractivity contribution in [2.24, 2.45) is 5.16 Å². The highest BCUT2D eigenvalue weighted by Crippen LogP contribution is 2.31. The fourth-order valence-electron chi connectivity index (χ4n) is 3.01. The molecule has 3 rings (SSSR count). The Balaban J connectivity index is 1.80. The summed E-state index contributed by atoms with van der Waals surface area (Å²) in [5, 5.41) is 7.25. The van der Waals surface area contributed by atoms with Crippen LogP contribution in [0.1, 0.15) is 43.7 Å². The number of hydrogen-bond acceptors (Lipinski definition) is 3. The Morgan fingerprint density at radius 3 is 2.20 bits per heavy atom. The first kappa shape index (κ1) is 17.2. The summed E-state index contributed by atoms with van der Waals surface area (Å²) in [6.07, 6.45) is 0.860. The van der Waals surface area contributed by atoms with E-state index in [1.54, 1.807) is 0 Å². The molecular weight excluding hydrogens is 312 g/mol. The second-order valence-electron chi connectivity index (χ2n) is 6.45. The van der Waals surface area contributed by atoms with Gasteiger partial charge in [-0.15, -0.1) is 0 Å². The number of amides is 1. The number of carbonyl (C=O) groups is 1. The van der Waals surface area contributed by atoms with Crippen LogP contribution in [0, 0.1) is 0 Å². The lowest BCUT2D eigenvalue weighted by atomic mass is 9.85. The van der Waals surface area contributed by atoms with Crippen LogP contribution in [0.2, 0.25) is 0 Å². The van der Waals surface area contributed by atoms with E-state index in [1.165, 1.54) is 0 Å². The minimum Gasteiger partial charge on any atom is -0.382 e. The molecule has 1 heterocycles. The van der Waals surface area contributed by atoms with Crippen LogP contribution in [0.15, 0.2) is 65.8 Å². The van der Waals surface area contributed by atoms with E-state index in [9.17, 15) is 4.79 Å². The zero-order valence-corrected chi connectivity index (χ0v) is 14.7. The maximum absolute atomic E-state index is 12.3. The van der Waals surface area contributed by atoms with Gasteiger partial charge < -0.3 is 10.2 Å². The van der Waals surface area contributed by atoms with Crippen LogP contribution in [0.3, 0.4) is 0 Å². The molecule has 0 saturated carbocycles. The van der Waals surface area contributed by atoms with Crippen LogP contribution < -0.4 is 5.32 Å². The highest BCUT2D eigenvalue weighted by atomic mass is 16.6. The van der Waals surface area contributed by atoms with E-state index in [0.717, 1.165) is 23.3 Å². The SMILES string of the molecule is CCC(C)NC(=O)C1CC(C(c2ccccc2)c2ccccc2)=NO1. The summed E-state index contributed by atoms with van der Waals surface area (Å²) in [4.78, 5) is 17.8. The summed E-state index contributed by atoms with van der Waals surface area (Å²) >= 11 is 0. The Bertz CT molecular complexity index is 689. The lowest BCUT2D eigenvalue weighted by molar-refractivity contribution is -0.131. The van der Waals surface area contributed by atoms with Crippen LogP contribution in [0.4, 0.5) is 0 Å². The molecule has 2 aromatic rings. The van der Waals surface area contributed by atoms with Gasteiger partial charge in [0.1, 0.15) is 0 Å². The van der Waals surface area contributed by atoms with Gasteiger partial charge in [0.25, 0.3) is 5.91 Å². The van der Waals surface area contributed by atoms with Crippen molar-refractivity contribution in [2.45, 2.75) is 44.8 Å². The summed E-state index contributed by atoms with van der Waals surface area (Å²) in [5.41, 5.74) is 3.19. The van der Waals surface area contributed by atoms with E-state index in [-0.39, 0.29) is 17.9 Å². The molecule has 0 saturated heterocycles. The number of hydrogen-bond donors (Lipinski definition) is 1. The topological polar surface area (TPSA) is 50.7 Å². The van der Waals surface area contributed by atoms with Crippen LogP contribution in [0.25, 0.3) is 0 Å². The molecule has 25 heavy (non-hydrogen) atoms. The number of nitrogens with zero attached hydrogens (tertiary/aromatic N) is 1. The maximum Gasteiger partial charge on any atom is 0.264 e. The third-order valence-corrected chi connectivity index (χ3v) is 4.58. The van der Waals surface area contributed by atoms with Gasteiger partial charge in [0, 0.05) is 12.5 Å². The monoisotopic (exact) mass is 336 g/mol. The summed E-state index contributed by atoms with van der Waals surface area (Å²) in [7, 11) is 0. The van der Waals surface area contributed by atoms with Crippen molar-refractivity contribution in [2.75, 3.05) is 0 Å². The van der Waals surface area contributed by atoms with Gasteiger partial charge in [-0.05, 0) is 24.5 Å². The Hall–Kier alpha value is -2.62. The van der Waals surface area contributed by atoms with Crippen LogP contribution in [-0.2, 0) is 9.63 Å². The lowest BCUT2D eigenvalue weighted by Gasteiger charge is -2.18. The molecule has 0 spiro atoms. The molecule has 0 fully saturated rings. The molecule has 0 bridgehead atoms. The molecule has 2 unspecified atom stereocenters. The van der Waals surface area contributed by atoms with Gasteiger partial charge in [-0.1, -0.05) is 72.7 Å². The van der Waals surface area contributed by atoms with Gasteiger partial charge in [0.2, 0.25) is 6.10 Å². The first-order valence-corrected chi connectivity index (χ1v) is 8.82. The first-order chi connectivity index (χ1) is 12.2. The minimum absolute atomic E-state index is 0.00352. The van der Waals surface area contributed by atoms with Gasteiger partial charge in [-0.25, -0.2) is 0 Å². The van der Waals surface area contributed by atoms with Crippen molar-refractivity contribution in [3.8, 4) is 0 Å². The quantitative estimate of drug-likeness (QED) is 0.870. The third-order valence-electron chi connectivity index (χ3n) is 4.58. The number of rotatable bonds is 6. The van der Waals surface area contributed by atoms with E-state index < -0.39 is 6.10 Å². The van der Waals surface area contributed by atoms with Crippen LogP contribution in [-0.4, -0.2) is 23.8 Å². The van der Waals surface area contributed by atoms with Gasteiger partial charge in [0.15, 0.2) is 0 Å². The smallest absolute Gasteiger partial charge is 0.264 e. The summed E-state index contributed by atoms with van der Waals surface area (Å²) in [6.45, 7) is 4.04. The highest BCUT2D eigenvalue weighted by Gasteiger charge is 2.33. The summed E-state index contributed by atoms with van der Waals surface area (Å²) in [6, 6.07) is 20.6. The molecule has 4 heteroatoms. The summed E-state index contributed by atoms with van der Waals surface area (Å²) < 4.78 is 0. The van der Waals surface area contributed by atoms with E-state index in [0.29, 0.717) is 6.42 Å². The minimum atomic E-state index is -0.543. The maximum atomic E-state index is 12.3. The Morgan fingerprint density at radius 2 is 1.68 bits per heavy atom. The van der Waals surface area contributed by atoms with Crippen molar-refractivity contribution in [1.82, 2.24) is 5.32 Å². The molecule has 1 aliphatic heterocycles. The average Bonchev–Trinajstić information content (AvgIpc) is 3.13. The zero-order chi connectivity index (χ0) is 17.6. The second-order valence-corrected chi connectivity index (χ2v) is 6.45. The number of nitrogens with one attached hydrogen (secondary N) is 1. The molecule has 130 valence electrons. The molecule has 0 aromatic heterocycles. The molecule has 1 N–H and O–H groups in total. The van der Waals surface area contributed by atoms with E-state index in [2.05, 4.69) is 34.7 Å². The number of benzene rings is 2. The number of carbonyl (C=O) groups excluding carboxylic acids is 1. The normalized spacial score (nSPS) is 17.7. The fourth-order valence-corrected chi connectivity index (χ4v) is 3.01. The molecule has 2 aromatic carbocycles. The zero-order valence-electron chi connectivity index (χ0n) is 14.7. The van der Waals surface area contributed by atoms with Crippen molar-refractivity contribution in [3.05, 3.63) is 71.8 Å². The molecule has 4 nitrogen and oxygen atoms in total. The molecule has 1 aliphatic rings. The third kappa shape index (κ3) is 4.08. The van der Waals surface area contributed by atoms with Gasteiger partial charge >= 0.3 is 0 Å². The van der Waals surface area contributed by atoms with Gasteiger partial charge in [-0.3, -0.25) is 4.79 Å². The second kappa shape index (κ2) is 7.97. The van der Waals surface area contributed by atoms with Crippen LogP contribution >= 0.6 is 0 Å². The molecule has 2 atom stereocenters. The Morgan fingerprint density at radius 1 is 1.12 bits per heavy atom. The molecule has 0 radical (unpaired) electrons. The standard InChI is InChI=1S/C21H24N2O2/c1-3-15(2)22-21(24)19-14-18(23-25-19)20(16-10-6-4-7-11-16)17-12-8-5-9-13-17/h4-13,15,19-20H,3,14H2,1-2H3,(H,22,24). The molecular formula is C21H24N2O2. The molecule has 1 amide bonds. The van der Waals surface area contributed by atoms with E-state index >= 15 is 0 Å². The average molecular weight is 336 g/mol. The lowest BCUT2D eigenvalue weighted by Crippen LogP contribution is -2.40. The van der Waals surface area contributed by atoms with Gasteiger partial charge in [0.05, 0.1) is 11.6 Å². The largest absolute Gasteiger partial charge is 0.382 e. The van der Waals surface area contributed by atoms with E-state index in [4.69, 9.17) is 4.84 Å². The van der Waals surface area contributed by atoms with Crippen molar-refractivity contribution in [1.29, 1.82) is 0 Å². The highest BCUT2D eigenvalue weighted by molar-refractivity contribution is 5.98. The van der Waals surface area contributed by atoms with Gasteiger partial charge in [-0.2, -0.15) is 0 Å². The molecule has 0 aliphatic carbocycles. The first-order valence-electron chi connectivity index (χ1n) is 8.82. The Kier molecular flexibility index (Phi) is 5.49. The Labute approximate surface area is 148 Å². The van der Waals surface area contributed by atoms with E-state index in [1.807, 2.05) is 50.2 Å². The van der Waals surface area contributed by atoms with Crippen molar-refractivity contribution < 1.29 is 9.63 Å². The predicted octanol–water partition coefficient (Wildman–Crippen LogP) is 3.88. The predicted molar refractivity (Wildman–Crippen MR) is 99.5 cm³/mol. The number of oxime groups is 1. The van der Waals surface area contributed by atoms with Crippen molar-refractivity contribution in [3.63, 3.8) is 0 Å². The summed E-state index contributed by atoms with van der Waals surface area (Å²) in [5.74, 6) is -0.0863.